The number of hydrogen-bond acceptors (Lipinski definition) is 3. The van der Waals surface area contributed by atoms with Crippen molar-refractivity contribution in [3.8, 4) is 11.5 Å². The van der Waals surface area contributed by atoms with E-state index in [1.807, 2.05) is 49.4 Å². The lowest BCUT2D eigenvalue weighted by Gasteiger charge is -2.10. The number of para-hydroxylation sites is 1. The monoisotopic (exact) mass is 270 g/mol. The molecule has 0 atom stereocenters. The average Bonchev–Trinajstić information content (AvgIpc) is 2.47. The number of ether oxygens (including phenoxy) is 2. The number of hydrogen-bond donors (Lipinski definition) is 0. The van der Waals surface area contributed by atoms with Gasteiger partial charge in [0.25, 0.3) is 0 Å². The summed E-state index contributed by atoms with van der Waals surface area (Å²) in [5, 5.41) is 0. The maximum absolute atomic E-state index is 12.4. The second-order valence-electron chi connectivity index (χ2n) is 4.62. The number of methoxy groups -OCH3 is 2. The summed E-state index contributed by atoms with van der Waals surface area (Å²) in [5.41, 5.74) is 2.54. The Hall–Kier alpha value is -2.29. The Kier molecular flexibility index (Phi) is 4.41. The molecule has 3 nitrogen and oxygen atoms in total. The third-order valence-electron chi connectivity index (χ3n) is 3.20. The van der Waals surface area contributed by atoms with Crippen LogP contribution in [0.3, 0.4) is 0 Å². The molecule has 0 unspecified atom stereocenters. The van der Waals surface area contributed by atoms with Crippen LogP contribution in [0.4, 0.5) is 0 Å². The SMILES string of the molecule is COc1ccccc1CC(=O)c1ccc(C)cc1OC. The molecule has 0 heterocycles. The fraction of sp³-hybridized carbons (Fsp3) is 0.235. The first-order valence-corrected chi connectivity index (χ1v) is 6.45. The Balaban J connectivity index is 2.28. The Morgan fingerprint density at radius 2 is 1.70 bits per heavy atom. The molecule has 0 radical (unpaired) electrons. The molecule has 2 aromatic rings. The molecule has 104 valence electrons. The third kappa shape index (κ3) is 2.99. The lowest BCUT2D eigenvalue weighted by atomic mass is 10.0. The van der Waals surface area contributed by atoms with Crippen molar-refractivity contribution in [2.45, 2.75) is 13.3 Å². The van der Waals surface area contributed by atoms with Crippen molar-refractivity contribution in [2.75, 3.05) is 14.2 Å². The van der Waals surface area contributed by atoms with Gasteiger partial charge < -0.3 is 9.47 Å². The molecule has 0 N–H and O–H groups in total. The molecular weight excluding hydrogens is 252 g/mol. The van der Waals surface area contributed by atoms with Crippen LogP contribution in [0.5, 0.6) is 11.5 Å². The summed E-state index contributed by atoms with van der Waals surface area (Å²) >= 11 is 0. The van der Waals surface area contributed by atoms with E-state index in [0.717, 1.165) is 16.9 Å². The quantitative estimate of drug-likeness (QED) is 0.781. The number of aryl methyl sites for hydroxylation is 1. The lowest BCUT2D eigenvalue weighted by molar-refractivity contribution is 0.0989. The number of rotatable bonds is 5. The first-order valence-electron chi connectivity index (χ1n) is 6.45. The number of Topliss-reactive ketones (excluding diaryl/α,β-unsaturated/α-hetero) is 1. The molecule has 3 heteroatoms. The van der Waals surface area contributed by atoms with Crippen molar-refractivity contribution in [3.05, 3.63) is 59.2 Å². The molecule has 0 saturated carbocycles. The van der Waals surface area contributed by atoms with Gasteiger partial charge in [-0.25, -0.2) is 0 Å². The van der Waals surface area contributed by atoms with Crippen LogP contribution in [0.2, 0.25) is 0 Å². The highest BCUT2D eigenvalue weighted by Crippen LogP contribution is 2.24. The third-order valence-corrected chi connectivity index (χ3v) is 3.20. The smallest absolute Gasteiger partial charge is 0.171 e. The van der Waals surface area contributed by atoms with Crippen LogP contribution < -0.4 is 9.47 Å². The van der Waals surface area contributed by atoms with Gasteiger partial charge in [0.15, 0.2) is 5.78 Å². The first kappa shape index (κ1) is 14.1. The predicted octanol–water partition coefficient (Wildman–Crippen LogP) is 3.44. The molecule has 0 aromatic heterocycles. The zero-order chi connectivity index (χ0) is 14.5. The van der Waals surface area contributed by atoms with Crippen LogP contribution in [0, 0.1) is 6.92 Å². The van der Waals surface area contributed by atoms with Gasteiger partial charge in [-0.05, 0) is 30.7 Å². The van der Waals surface area contributed by atoms with E-state index in [4.69, 9.17) is 9.47 Å². The number of carbonyl (C=O) groups is 1. The normalized spacial score (nSPS) is 10.2. The number of ketones is 1. The fourth-order valence-electron chi connectivity index (χ4n) is 2.15. The largest absolute Gasteiger partial charge is 0.496 e. The average molecular weight is 270 g/mol. The fourth-order valence-corrected chi connectivity index (χ4v) is 2.15. The van der Waals surface area contributed by atoms with Gasteiger partial charge in [-0.15, -0.1) is 0 Å². The summed E-state index contributed by atoms with van der Waals surface area (Å²) in [5.74, 6) is 1.36. The minimum atomic E-state index is 0.0198. The molecular formula is C17H18O3. The van der Waals surface area contributed by atoms with Crippen molar-refractivity contribution in [3.63, 3.8) is 0 Å². The Bertz CT molecular complexity index is 617. The van der Waals surface area contributed by atoms with Gasteiger partial charge in [-0.3, -0.25) is 4.79 Å². The van der Waals surface area contributed by atoms with Crippen LogP contribution in [0.1, 0.15) is 21.5 Å². The van der Waals surface area contributed by atoms with E-state index in [-0.39, 0.29) is 5.78 Å². The number of benzene rings is 2. The summed E-state index contributed by atoms with van der Waals surface area (Å²) in [6.45, 7) is 1.97. The number of carbonyl (C=O) groups excluding carboxylic acids is 1. The van der Waals surface area contributed by atoms with E-state index >= 15 is 0 Å². The highest BCUT2D eigenvalue weighted by atomic mass is 16.5. The van der Waals surface area contributed by atoms with Crippen LogP contribution in [-0.2, 0) is 6.42 Å². The van der Waals surface area contributed by atoms with Gasteiger partial charge in [0.1, 0.15) is 11.5 Å². The molecule has 0 aliphatic rings. The van der Waals surface area contributed by atoms with Gasteiger partial charge in [0, 0.05) is 12.0 Å². The topological polar surface area (TPSA) is 35.5 Å². The summed E-state index contributed by atoms with van der Waals surface area (Å²) in [4.78, 5) is 12.4. The minimum absolute atomic E-state index is 0.0198. The second kappa shape index (κ2) is 6.24. The van der Waals surface area contributed by atoms with E-state index in [1.165, 1.54) is 0 Å². The first-order chi connectivity index (χ1) is 9.65. The summed E-state index contributed by atoms with van der Waals surface area (Å²) in [6, 6.07) is 13.1. The predicted molar refractivity (Wildman–Crippen MR) is 78.8 cm³/mol. The van der Waals surface area contributed by atoms with E-state index in [0.29, 0.717) is 17.7 Å². The van der Waals surface area contributed by atoms with Gasteiger partial charge in [0.05, 0.1) is 19.8 Å². The standard InChI is InChI=1S/C17H18O3/c1-12-8-9-14(17(10-12)20-3)15(18)11-13-6-4-5-7-16(13)19-2/h4-10H,11H2,1-3H3. The maximum Gasteiger partial charge on any atom is 0.171 e. The molecule has 2 rings (SSSR count). The summed E-state index contributed by atoms with van der Waals surface area (Å²) in [7, 11) is 3.18. The van der Waals surface area contributed by atoms with E-state index in [1.54, 1.807) is 14.2 Å². The summed E-state index contributed by atoms with van der Waals surface area (Å²) < 4.78 is 10.6. The molecule has 0 aliphatic heterocycles. The van der Waals surface area contributed by atoms with Crippen LogP contribution in [-0.4, -0.2) is 20.0 Å². The Morgan fingerprint density at radius 1 is 1.00 bits per heavy atom. The zero-order valence-corrected chi connectivity index (χ0v) is 12.0. The van der Waals surface area contributed by atoms with Crippen molar-refractivity contribution in [1.29, 1.82) is 0 Å². The highest BCUT2D eigenvalue weighted by Gasteiger charge is 2.14. The van der Waals surface area contributed by atoms with Crippen LogP contribution in [0.15, 0.2) is 42.5 Å². The molecule has 0 amide bonds. The molecule has 0 aliphatic carbocycles. The van der Waals surface area contributed by atoms with Crippen molar-refractivity contribution in [1.82, 2.24) is 0 Å². The van der Waals surface area contributed by atoms with Gasteiger partial charge >= 0.3 is 0 Å². The molecule has 0 spiro atoms. The molecule has 0 saturated heterocycles. The Labute approximate surface area is 119 Å². The Morgan fingerprint density at radius 3 is 2.40 bits per heavy atom. The van der Waals surface area contributed by atoms with Crippen molar-refractivity contribution >= 4 is 5.78 Å². The van der Waals surface area contributed by atoms with Crippen LogP contribution >= 0.6 is 0 Å². The van der Waals surface area contributed by atoms with Gasteiger partial charge in [0.2, 0.25) is 0 Å². The van der Waals surface area contributed by atoms with E-state index < -0.39 is 0 Å². The zero-order valence-electron chi connectivity index (χ0n) is 12.0. The minimum Gasteiger partial charge on any atom is -0.496 e. The van der Waals surface area contributed by atoms with Gasteiger partial charge in [-0.2, -0.15) is 0 Å². The van der Waals surface area contributed by atoms with E-state index in [9.17, 15) is 4.79 Å². The van der Waals surface area contributed by atoms with Crippen molar-refractivity contribution in [2.24, 2.45) is 0 Å². The van der Waals surface area contributed by atoms with Gasteiger partial charge in [-0.1, -0.05) is 24.3 Å². The molecule has 20 heavy (non-hydrogen) atoms. The summed E-state index contributed by atoms with van der Waals surface area (Å²) in [6.07, 6.45) is 0.295. The second-order valence-corrected chi connectivity index (χ2v) is 4.62. The van der Waals surface area contributed by atoms with Crippen molar-refractivity contribution < 1.29 is 14.3 Å². The lowest BCUT2D eigenvalue weighted by Crippen LogP contribution is -2.07. The molecule has 2 aromatic carbocycles. The molecule has 0 fully saturated rings. The maximum atomic E-state index is 12.4. The highest BCUT2D eigenvalue weighted by molar-refractivity contribution is 6.00. The molecule has 0 bridgehead atoms. The van der Waals surface area contributed by atoms with E-state index in [2.05, 4.69) is 0 Å². The van der Waals surface area contributed by atoms with Crippen LogP contribution in [0.25, 0.3) is 0 Å².